The third kappa shape index (κ3) is 6.57. The zero-order valence-corrected chi connectivity index (χ0v) is 23.5. The molecule has 0 spiro atoms. The third-order valence-electron chi connectivity index (χ3n) is 6.18. The summed E-state index contributed by atoms with van der Waals surface area (Å²) in [7, 11) is 0. The molecule has 2 aromatic carbocycles. The molecule has 2 aromatic rings. The Morgan fingerprint density at radius 2 is 1.70 bits per heavy atom. The van der Waals surface area contributed by atoms with Crippen molar-refractivity contribution in [3.05, 3.63) is 63.9 Å². The molecule has 0 aromatic heterocycles. The van der Waals surface area contributed by atoms with Gasteiger partial charge in [0.05, 0.1) is 11.4 Å². The molecule has 37 heavy (non-hydrogen) atoms. The number of hydrogen-bond donors (Lipinski definition) is 1. The van der Waals surface area contributed by atoms with E-state index in [-0.39, 0.29) is 37.4 Å². The van der Waals surface area contributed by atoms with Gasteiger partial charge >= 0.3 is 0 Å². The Morgan fingerprint density at radius 1 is 1.05 bits per heavy atom. The predicted molar refractivity (Wildman–Crippen MR) is 145 cm³/mol. The molecule has 2 heterocycles. The van der Waals surface area contributed by atoms with Crippen LogP contribution in [0.2, 0.25) is 10.0 Å². The fraction of sp³-hybridized carbons (Fsp3) is 0.423. The van der Waals surface area contributed by atoms with Gasteiger partial charge in [-0.1, -0.05) is 49.2 Å². The Kier molecular flexibility index (Phi) is 10.2. The molecule has 3 unspecified atom stereocenters. The number of carbonyl (C=O) groups is 3. The standard InChI is InChI=1S/C24H25Cl2FN4O3S.C2H6/c1-14(2)29-12-22-30(35-21-10-17(26)7-8-18(21)27)11-19(28-13-32)23(33)31(22)20(24(29)34)9-15-3-5-16(25)6-4-15;1-2/h3-8,10,13-14,19-20,22H,9,11-12H2,1-2H3,(H,28,32);1-2H3. The first-order valence-corrected chi connectivity index (χ1v) is 13.7. The molecule has 2 fully saturated rings. The SMILES string of the molecule is CC.CC(C)N1CC2N(Sc3cc(Cl)ccc3F)CC(NC=O)C(=O)N2C(Cc2ccc(Cl)cc2)C1=O. The van der Waals surface area contributed by atoms with Gasteiger partial charge in [0.15, 0.2) is 0 Å². The number of halogens is 3. The van der Waals surface area contributed by atoms with Gasteiger partial charge in [-0.2, -0.15) is 0 Å². The van der Waals surface area contributed by atoms with Crippen molar-refractivity contribution in [3.8, 4) is 0 Å². The van der Waals surface area contributed by atoms with Crippen molar-refractivity contribution in [2.45, 2.75) is 63.3 Å². The van der Waals surface area contributed by atoms with Crippen molar-refractivity contribution in [1.29, 1.82) is 0 Å². The van der Waals surface area contributed by atoms with Crippen molar-refractivity contribution in [2.24, 2.45) is 0 Å². The molecular weight excluding hydrogens is 538 g/mol. The second-order valence-corrected chi connectivity index (χ2v) is 10.7. The summed E-state index contributed by atoms with van der Waals surface area (Å²) in [4.78, 5) is 42.0. The van der Waals surface area contributed by atoms with Gasteiger partial charge in [0.25, 0.3) is 0 Å². The summed E-state index contributed by atoms with van der Waals surface area (Å²) in [5.74, 6) is -0.973. The van der Waals surface area contributed by atoms with Crippen LogP contribution >= 0.6 is 35.1 Å². The van der Waals surface area contributed by atoms with Gasteiger partial charge in [0, 0.05) is 29.1 Å². The first kappa shape index (κ1) is 29.2. The number of rotatable bonds is 7. The Labute approximate surface area is 231 Å². The van der Waals surface area contributed by atoms with Gasteiger partial charge < -0.3 is 15.1 Å². The van der Waals surface area contributed by atoms with Crippen LogP contribution in [0.25, 0.3) is 0 Å². The summed E-state index contributed by atoms with van der Waals surface area (Å²) >= 11 is 13.2. The van der Waals surface area contributed by atoms with Crippen molar-refractivity contribution in [2.75, 3.05) is 13.1 Å². The lowest BCUT2D eigenvalue weighted by Crippen LogP contribution is -2.74. The third-order valence-corrected chi connectivity index (χ3v) is 7.80. The van der Waals surface area contributed by atoms with Crippen LogP contribution < -0.4 is 5.32 Å². The Bertz CT molecular complexity index is 1120. The highest BCUT2D eigenvalue weighted by Crippen LogP contribution is 2.36. The van der Waals surface area contributed by atoms with E-state index in [1.165, 1.54) is 23.1 Å². The number of hydrogen-bond acceptors (Lipinski definition) is 5. The second-order valence-electron chi connectivity index (χ2n) is 8.76. The van der Waals surface area contributed by atoms with E-state index in [4.69, 9.17) is 23.2 Å². The quantitative estimate of drug-likeness (QED) is 0.390. The average Bonchev–Trinajstić information content (AvgIpc) is 2.87. The van der Waals surface area contributed by atoms with Crippen LogP contribution in [0, 0.1) is 5.82 Å². The zero-order valence-electron chi connectivity index (χ0n) is 21.2. The monoisotopic (exact) mass is 568 g/mol. The maximum atomic E-state index is 14.6. The van der Waals surface area contributed by atoms with E-state index in [0.29, 0.717) is 21.4 Å². The molecule has 3 atom stereocenters. The molecule has 2 aliphatic heterocycles. The summed E-state index contributed by atoms with van der Waals surface area (Å²) in [5, 5.41) is 3.51. The number of benzene rings is 2. The number of fused-ring (bicyclic) bond motifs is 1. The lowest BCUT2D eigenvalue weighted by Gasteiger charge is -2.54. The highest BCUT2D eigenvalue weighted by atomic mass is 35.5. The minimum absolute atomic E-state index is 0.104. The largest absolute Gasteiger partial charge is 0.346 e. The van der Waals surface area contributed by atoms with Crippen LogP contribution in [-0.2, 0) is 20.8 Å². The molecule has 0 aliphatic carbocycles. The number of piperazine rings is 1. The van der Waals surface area contributed by atoms with Crippen LogP contribution in [0.1, 0.15) is 33.3 Å². The normalized spacial score (nSPS) is 21.9. The van der Waals surface area contributed by atoms with E-state index in [9.17, 15) is 18.8 Å². The fourth-order valence-corrected chi connectivity index (χ4v) is 5.90. The maximum Gasteiger partial charge on any atom is 0.248 e. The summed E-state index contributed by atoms with van der Waals surface area (Å²) < 4.78 is 16.4. The van der Waals surface area contributed by atoms with E-state index in [0.717, 1.165) is 17.5 Å². The minimum Gasteiger partial charge on any atom is -0.346 e. The van der Waals surface area contributed by atoms with Gasteiger partial charge in [-0.05, 0) is 61.7 Å². The Hall–Kier alpha value is -2.33. The van der Waals surface area contributed by atoms with Crippen LogP contribution in [0.3, 0.4) is 0 Å². The Morgan fingerprint density at radius 3 is 2.32 bits per heavy atom. The molecule has 4 rings (SSSR count). The van der Waals surface area contributed by atoms with Gasteiger partial charge in [0.2, 0.25) is 18.2 Å². The molecule has 0 bridgehead atoms. The molecule has 2 saturated heterocycles. The van der Waals surface area contributed by atoms with Crippen molar-refractivity contribution >= 4 is 53.4 Å². The van der Waals surface area contributed by atoms with Gasteiger partial charge in [-0.25, -0.2) is 8.70 Å². The van der Waals surface area contributed by atoms with E-state index in [2.05, 4.69) is 5.32 Å². The average molecular weight is 570 g/mol. The molecule has 0 saturated carbocycles. The lowest BCUT2D eigenvalue weighted by molar-refractivity contribution is -0.168. The van der Waals surface area contributed by atoms with E-state index in [1.54, 1.807) is 17.0 Å². The van der Waals surface area contributed by atoms with Crippen LogP contribution in [0.5, 0.6) is 0 Å². The number of amides is 3. The lowest BCUT2D eigenvalue weighted by atomic mass is 9.96. The van der Waals surface area contributed by atoms with Crippen LogP contribution in [0.15, 0.2) is 47.4 Å². The Balaban J connectivity index is 0.00000186. The topological polar surface area (TPSA) is 73.0 Å². The molecule has 11 heteroatoms. The van der Waals surface area contributed by atoms with Gasteiger partial charge in [0.1, 0.15) is 24.1 Å². The summed E-state index contributed by atoms with van der Waals surface area (Å²) in [5.41, 5.74) is 0.843. The molecule has 2 aliphatic rings. The number of carbonyl (C=O) groups excluding carboxylic acids is 3. The fourth-order valence-electron chi connectivity index (χ4n) is 4.43. The van der Waals surface area contributed by atoms with Crippen molar-refractivity contribution in [1.82, 2.24) is 19.4 Å². The van der Waals surface area contributed by atoms with E-state index in [1.807, 2.05) is 44.1 Å². The molecular formula is C26H31Cl2FN4O3S. The van der Waals surface area contributed by atoms with Crippen LogP contribution in [-0.4, -0.2) is 69.7 Å². The summed E-state index contributed by atoms with van der Waals surface area (Å²) in [6.45, 7) is 8.23. The van der Waals surface area contributed by atoms with Gasteiger partial charge in [-0.3, -0.25) is 14.4 Å². The van der Waals surface area contributed by atoms with E-state index < -0.39 is 24.1 Å². The highest BCUT2D eigenvalue weighted by Gasteiger charge is 2.51. The zero-order chi connectivity index (χ0) is 27.3. The van der Waals surface area contributed by atoms with E-state index >= 15 is 0 Å². The number of nitrogens with one attached hydrogen (secondary N) is 1. The summed E-state index contributed by atoms with van der Waals surface area (Å²) in [6.07, 6.45) is 0.207. The number of nitrogens with zero attached hydrogens (tertiary/aromatic N) is 3. The summed E-state index contributed by atoms with van der Waals surface area (Å²) in [6, 6.07) is 9.60. The molecule has 1 N–H and O–H groups in total. The first-order valence-electron chi connectivity index (χ1n) is 12.2. The van der Waals surface area contributed by atoms with Crippen LogP contribution in [0.4, 0.5) is 4.39 Å². The molecule has 7 nitrogen and oxygen atoms in total. The molecule has 0 radical (unpaired) electrons. The smallest absolute Gasteiger partial charge is 0.248 e. The maximum absolute atomic E-state index is 14.6. The highest BCUT2D eigenvalue weighted by molar-refractivity contribution is 7.97. The van der Waals surface area contributed by atoms with Gasteiger partial charge in [-0.15, -0.1) is 0 Å². The first-order chi connectivity index (χ1) is 17.7. The molecule has 200 valence electrons. The van der Waals surface area contributed by atoms with Crippen molar-refractivity contribution < 1.29 is 18.8 Å². The molecule has 3 amide bonds. The van der Waals surface area contributed by atoms with Crippen molar-refractivity contribution in [3.63, 3.8) is 0 Å². The predicted octanol–water partition coefficient (Wildman–Crippen LogP) is 4.61. The second kappa shape index (κ2) is 13.0. The minimum atomic E-state index is -0.885.